The van der Waals surface area contributed by atoms with E-state index < -0.39 is 8.07 Å². The number of para-hydroxylation sites is 1. The van der Waals surface area contributed by atoms with Gasteiger partial charge in [-0.05, 0) is 89.3 Å². The molecule has 0 amide bonds. The summed E-state index contributed by atoms with van der Waals surface area (Å²) in [6.45, 7) is 0.0430. The second kappa shape index (κ2) is 18.0. The molecule has 0 radical (unpaired) electrons. The SMILES string of the molecule is c1ccc(-c2nc(-c3ccccc3)nc(-c3cccc(-c4cccc5c4sc4c(-c6cccc(-c7cc8c9c(c7)[Si](c7ccccc7)(c7ccccc7)c7ccccc7B9c7ccccc7O8)c6)cccc45)c3)n2)cc1. The van der Waals surface area contributed by atoms with Crippen molar-refractivity contribution in [2.45, 2.75) is 0 Å². The van der Waals surface area contributed by atoms with Gasteiger partial charge in [-0.25, -0.2) is 15.0 Å². The average molecular weight is 1000 g/mol. The number of nitrogens with zero attached hydrogens (tertiary/aromatic N) is 3. The van der Waals surface area contributed by atoms with Crippen molar-refractivity contribution >= 4 is 83.4 Å². The highest BCUT2D eigenvalue weighted by atomic mass is 32.1. The van der Waals surface area contributed by atoms with Gasteiger partial charge in [0.05, 0.1) is 0 Å². The van der Waals surface area contributed by atoms with Gasteiger partial charge in [0.15, 0.2) is 25.5 Å². The molecule has 4 heterocycles. The lowest BCUT2D eigenvalue weighted by Gasteiger charge is -2.45. The Kier molecular flexibility index (Phi) is 10.5. The van der Waals surface area contributed by atoms with Crippen molar-refractivity contribution in [3.05, 3.63) is 267 Å². The normalized spacial score (nSPS) is 12.9. The van der Waals surface area contributed by atoms with Crippen molar-refractivity contribution in [1.29, 1.82) is 0 Å². The van der Waals surface area contributed by atoms with Gasteiger partial charge >= 0.3 is 0 Å². The van der Waals surface area contributed by atoms with Crippen LogP contribution in [0.5, 0.6) is 11.5 Å². The van der Waals surface area contributed by atoms with Crippen LogP contribution in [0.2, 0.25) is 0 Å². The van der Waals surface area contributed by atoms with E-state index in [0.717, 1.165) is 44.9 Å². The lowest BCUT2D eigenvalue weighted by Crippen LogP contribution is -2.87. The lowest BCUT2D eigenvalue weighted by atomic mass is 9.35. The third-order valence-electron chi connectivity index (χ3n) is 15.5. The lowest BCUT2D eigenvalue weighted by molar-refractivity contribution is 0.488. The number of benzene rings is 11. The highest BCUT2D eigenvalue weighted by Crippen LogP contribution is 2.45. The molecule has 76 heavy (non-hydrogen) atoms. The van der Waals surface area contributed by atoms with Crippen LogP contribution < -0.4 is 41.9 Å². The summed E-state index contributed by atoms with van der Waals surface area (Å²) < 4.78 is 9.62. The molecule has 4 nitrogen and oxygen atoms in total. The number of hydrogen-bond acceptors (Lipinski definition) is 5. The summed E-state index contributed by atoms with van der Waals surface area (Å²) in [4.78, 5) is 15.1. The van der Waals surface area contributed by atoms with Crippen molar-refractivity contribution < 1.29 is 4.74 Å². The maximum atomic E-state index is 7.11. The topological polar surface area (TPSA) is 47.9 Å². The summed E-state index contributed by atoms with van der Waals surface area (Å²) in [5.41, 5.74) is 13.7. The molecule has 0 atom stereocenters. The zero-order valence-corrected chi connectivity index (χ0v) is 43.0. The fraction of sp³-hybridized carbons (Fsp3) is 0. The first kappa shape index (κ1) is 44.2. The van der Waals surface area contributed by atoms with E-state index in [1.54, 1.807) is 0 Å². The Hall–Kier alpha value is -9.27. The van der Waals surface area contributed by atoms with Crippen LogP contribution in [0, 0.1) is 0 Å². The Morgan fingerprint density at radius 2 is 0.789 bits per heavy atom. The molecule has 0 unspecified atom stereocenters. The Morgan fingerprint density at radius 1 is 0.329 bits per heavy atom. The molecule has 0 bridgehead atoms. The number of aromatic nitrogens is 3. The third-order valence-corrected chi connectivity index (χ3v) is 21.7. The highest BCUT2D eigenvalue weighted by Gasteiger charge is 2.52. The van der Waals surface area contributed by atoms with E-state index in [1.165, 1.54) is 74.0 Å². The minimum absolute atomic E-state index is 0.0430. The first-order valence-electron chi connectivity index (χ1n) is 25.9. The number of ether oxygens (including phenoxy) is 1. The van der Waals surface area contributed by atoms with Gasteiger partial charge in [-0.1, -0.05) is 248 Å². The monoisotopic (exact) mass is 1000 g/mol. The minimum Gasteiger partial charge on any atom is -0.458 e. The van der Waals surface area contributed by atoms with E-state index >= 15 is 0 Å². The molecule has 0 aliphatic carbocycles. The van der Waals surface area contributed by atoms with Gasteiger partial charge in [0.25, 0.3) is 6.71 Å². The second-order valence-electron chi connectivity index (χ2n) is 19.7. The molecule has 0 saturated carbocycles. The Bertz CT molecular complexity index is 4300. The molecule has 2 aliphatic heterocycles. The smallest absolute Gasteiger partial charge is 0.250 e. The largest absolute Gasteiger partial charge is 0.458 e. The van der Waals surface area contributed by atoms with Crippen molar-refractivity contribution in [3.8, 4) is 79.0 Å². The Balaban J connectivity index is 0.872. The number of rotatable bonds is 8. The van der Waals surface area contributed by atoms with Crippen molar-refractivity contribution in [1.82, 2.24) is 15.0 Å². The highest BCUT2D eigenvalue weighted by molar-refractivity contribution is 7.27. The van der Waals surface area contributed by atoms with Gasteiger partial charge in [0.2, 0.25) is 0 Å². The summed E-state index contributed by atoms with van der Waals surface area (Å²) in [7, 11) is -2.93. The van der Waals surface area contributed by atoms with Gasteiger partial charge < -0.3 is 4.74 Å². The van der Waals surface area contributed by atoms with Crippen molar-refractivity contribution in [2.75, 3.05) is 0 Å². The van der Waals surface area contributed by atoms with Gasteiger partial charge in [-0.2, -0.15) is 0 Å². The van der Waals surface area contributed by atoms with Crippen molar-refractivity contribution in [3.63, 3.8) is 0 Å². The van der Waals surface area contributed by atoms with Gasteiger partial charge in [-0.3, -0.25) is 0 Å². The van der Waals surface area contributed by atoms with E-state index in [0.29, 0.717) is 17.5 Å². The quantitative estimate of drug-likeness (QED) is 0.142. The second-order valence-corrected chi connectivity index (χ2v) is 24.5. The molecule has 13 aromatic rings. The molecular formula is C69H44BN3OSSi. The van der Waals surface area contributed by atoms with Crippen LogP contribution in [0.1, 0.15) is 0 Å². The average Bonchev–Trinajstić information content (AvgIpc) is 4.01. The maximum Gasteiger partial charge on any atom is 0.250 e. The van der Waals surface area contributed by atoms with Crippen LogP contribution in [0.25, 0.3) is 87.7 Å². The molecular weight excluding hydrogens is 958 g/mol. The first-order valence-corrected chi connectivity index (χ1v) is 28.7. The molecule has 15 rings (SSSR count). The van der Waals surface area contributed by atoms with E-state index in [4.69, 9.17) is 19.7 Å². The molecule has 0 spiro atoms. The summed E-state index contributed by atoms with van der Waals surface area (Å²) in [6, 6.07) is 96.9. The molecule has 11 aromatic carbocycles. The fourth-order valence-electron chi connectivity index (χ4n) is 12.2. The van der Waals surface area contributed by atoms with Gasteiger partial charge in [0.1, 0.15) is 11.5 Å². The molecule has 0 fully saturated rings. The number of fused-ring (bicyclic) bond motifs is 7. The zero-order chi connectivity index (χ0) is 50.2. The summed E-state index contributed by atoms with van der Waals surface area (Å²) in [5.74, 6) is 3.78. The van der Waals surface area contributed by atoms with E-state index in [2.05, 4.69) is 206 Å². The van der Waals surface area contributed by atoms with Gasteiger partial charge in [0, 0.05) is 36.9 Å². The predicted molar refractivity (Wildman–Crippen MR) is 320 cm³/mol. The van der Waals surface area contributed by atoms with Crippen LogP contribution in [-0.2, 0) is 0 Å². The molecule has 0 N–H and O–H groups in total. The van der Waals surface area contributed by atoms with Crippen LogP contribution in [0.3, 0.4) is 0 Å². The summed E-state index contributed by atoms with van der Waals surface area (Å²) >= 11 is 1.87. The molecule has 7 heteroatoms. The maximum absolute atomic E-state index is 7.11. The summed E-state index contributed by atoms with van der Waals surface area (Å²) in [6.07, 6.45) is 0. The van der Waals surface area contributed by atoms with Crippen molar-refractivity contribution in [2.24, 2.45) is 0 Å². The summed E-state index contributed by atoms with van der Waals surface area (Å²) in [5, 5.41) is 8.02. The van der Waals surface area contributed by atoms with Crippen LogP contribution in [0.4, 0.5) is 0 Å². The Morgan fingerprint density at radius 3 is 1.39 bits per heavy atom. The number of hydrogen-bond donors (Lipinski definition) is 0. The Labute approximate surface area is 446 Å². The zero-order valence-electron chi connectivity index (χ0n) is 41.1. The molecule has 2 aromatic heterocycles. The van der Waals surface area contributed by atoms with E-state index in [9.17, 15) is 0 Å². The first-order chi connectivity index (χ1) is 37.7. The minimum atomic E-state index is -2.93. The predicted octanol–water partition coefficient (Wildman–Crippen LogP) is 12.6. The van der Waals surface area contributed by atoms with E-state index in [1.807, 2.05) is 72.0 Å². The standard InChI is InChI=1S/C69H44BN3OSSi/c1-5-21-45(22-6-1)67-71-68(46-23-7-2-8-24-46)73-69(72-67)50-28-18-27-49(42-50)55-34-20-36-57-56-35-19-33-54(65(56)75-66(55)57)48-26-17-25-47(41-48)51-43-61-64-63(44-51)76(52-29-9-3-10-30-52,53-31-11-4-12-32-53)62-40-16-14-38-59(62)70(64)58-37-13-15-39-60(58)74-61/h1-44H. The fourth-order valence-corrected chi connectivity index (χ4v) is 18.9. The van der Waals surface area contributed by atoms with Gasteiger partial charge in [-0.15, -0.1) is 11.3 Å². The van der Waals surface area contributed by atoms with Crippen LogP contribution >= 0.6 is 11.3 Å². The molecule has 2 aliphatic rings. The van der Waals surface area contributed by atoms with Crippen LogP contribution in [0.15, 0.2) is 267 Å². The molecule has 0 saturated heterocycles. The third kappa shape index (κ3) is 7.08. The van der Waals surface area contributed by atoms with E-state index in [-0.39, 0.29) is 6.71 Å². The molecule has 354 valence electrons. The van der Waals surface area contributed by atoms with Crippen LogP contribution in [-0.4, -0.2) is 29.7 Å². The number of thiophene rings is 1.